The molecule has 9 heteroatoms. The zero-order valence-electron chi connectivity index (χ0n) is 27.7. The maximum Gasteiger partial charge on any atom is 0.407 e. The molecule has 49 heavy (non-hydrogen) atoms. The van der Waals surface area contributed by atoms with E-state index in [1.54, 1.807) is 0 Å². The Balaban J connectivity index is 1.14. The molecule has 0 saturated carbocycles. The highest BCUT2D eigenvalue weighted by Crippen LogP contribution is 2.44. The van der Waals surface area contributed by atoms with E-state index in [9.17, 15) is 14.4 Å². The topological polar surface area (TPSA) is 112 Å². The van der Waals surface area contributed by atoms with Gasteiger partial charge in [0.05, 0.1) is 0 Å². The number of amides is 2. The van der Waals surface area contributed by atoms with Crippen molar-refractivity contribution in [2.75, 3.05) is 19.8 Å². The Morgan fingerprint density at radius 3 is 2.06 bits per heavy atom. The Morgan fingerprint density at radius 1 is 0.755 bits per heavy atom. The molecular weight excluding hydrogens is 620 g/mol. The second-order valence-corrected chi connectivity index (χ2v) is 11.9. The van der Waals surface area contributed by atoms with Crippen LogP contribution in [0.4, 0.5) is 9.59 Å². The summed E-state index contributed by atoms with van der Waals surface area (Å²) in [5.41, 5.74) is 7.48. The number of nitrogens with one attached hydrogen (secondary N) is 2. The summed E-state index contributed by atoms with van der Waals surface area (Å²) in [5, 5.41) is 5.37. The number of hydrogen-bond acceptors (Lipinski definition) is 7. The number of rotatable bonds is 16. The lowest BCUT2D eigenvalue weighted by Gasteiger charge is -2.19. The normalized spacial score (nSPS) is 12.2. The smallest absolute Gasteiger partial charge is 0.407 e. The minimum absolute atomic E-state index is 0.0244. The van der Waals surface area contributed by atoms with Gasteiger partial charge in [-0.25, -0.2) is 14.4 Å². The molecule has 0 spiro atoms. The summed E-state index contributed by atoms with van der Waals surface area (Å²) in [6.07, 6.45) is 1.61. The van der Waals surface area contributed by atoms with Crippen LogP contribution in [0.5, 0.6) is 5.75 Å². The van der Waals surface area contributed by atoms with Crippen molar-refractivity contribution >= 4 is 18.2 Å². The number of aryl methyl sites for hydroxylation is 1. The van der Waals surface area contributed by atoms with Gasteiger partial charge in [-0.2, -0.15) is 0 Å². The zero-order chi connectivity index (χ0) is 34.4. The number of ether oxygens (including phenoxy) is 4. The fourth-order valence-electron chi connectivity index (χ4n) is 5.67. The fraction of sp³-hybridized carbons (Fsp3) is 0.275. The number of benzene rings is 4. The van der Waals surface area contributed by atoms with Gasteiger partial charge in [0.1, 0.15) is 38.2 Å². The SMILES string of the molecule is C=CCOC(=O)NCCCCC(NC(=O)OCC1c2ccccc2-c2ccccc21)C(=O)OCc1ccc(OCc2ccc(C)cc2)cc1. The quantitative estimate of drug-likeness (QED) is 0.0550. The van der Waals surface area contributed by atoms with Gasteiger partial charge in [0.15, 0.2) is 0 Å². The molecule has 9 nitrogen and oxygen atoms in total. The molecule has 0 bridgehead atoms. The maximum atomic E-state index is 13.3. The van der Waals surface area contributed by atoms with Gasteiger partial charge in [0, 0.05) is 12.5 Å². The molecule has 1 aliphatic carbocycles. The molecule has 1 aliphatic rings. The molecule has 4 aromatic rings. The van der Waals surface area contributed by atoms with Crippen molar-refractivity contribution in [3.8, 4) is 16.9 Å². The van der Waals surface area contributed by atoms with Crippen LogP contribution in [0.15, 0.2) is 110 Å². The summed E-state index contributed by atoms with van der Waals surface area (Å²) in [7, 11) is 0. The zero-order valence-corrected chi connectivity index (χ0v) is 27.7. The van der Waals surface area contributed by atoms with Crippen molar-refractivity contribution in [1.82, 2.24) is 10.6 Å². The molecule has 0 aliphatic heterocycles. The molecule has 0 radical (unpaired) electrons. The third-order valence-electron chi connectivity index (χ3n) is 8.27. The number of unbranched alkanes of at least 4 members (excludes halogenated alkanes) is 1. The summed E-state index contributed by atoms with van der Waals surface area (Å²) >= 11 is 0. The van der Waals surface area contributed by atoms with Gasteiger partial charge >= 0.3 is 18.2 Å². The standard InChI is InChI=1S/C40H42N2O7/c1-3-24-46-39(44)41-23-9-8-14-37(38(43)48-26-30-19-21-31(22-20-30)47-25-29-17-15-28(2)16-18-29)42-40(45)49-27-36-34-12-6-4-10-32(34)33-11-5-7-13-35(33)36/h3-7,10-13,15-22,36-37H,1,8-9,14,23-27H2,2H3,(H,41,44)(H,42,45). The summed E-state index contributed by atoms with van der Waals surface area (Å²) in [6.45, 7) is 6.62. The predicted octanol–water partition coefficient (Wildman–Crippen LogP) is 7.61. The van der Waals surface area contributed by atoms with Crippen LogP contribution in [0.1, 0.15) is 53.0 Å². The summed E-state index contributed by atoms with van der Waals surface area (Å²) in [4.78, 5) is 38.0. The van der Waals surface area contributed by atoms with E-state index in [0.29, 0.717) is 31.7 Å². The highest BCUT2D eigenvalue weighted by molar-refractivity contribution is 5.82. The van der Waals surface area contributed by atoms with E-state index in [1.165, 1.54) is 11.6 Å². The molecule has 0 heterocycles. The first-order valence-electron chi connectivity index (χ1n) is 16.5. The maximum absolute atomic E-state index is 13.3. The van der Waals surface area contributed by atoms with Crippen molar-refractivity contribution in [1.29, 1.82) is 0 Å². The van der Waals surface area contributed by atoms with E-state index in [-0.39, 0.29) is 32.2 Å². The predicted molar refractivity (Wildman–Crippen MR) is 187 cm³/mol. The number of carbonyl (C=O) groups excluding carboxylic acids is 3. The lowest BCUT2D eigenvalue weighted by Crippen LogP contribution is -2.42. The van der Waals surface area contributed by atoms with E-state index in [4.69, 9.17) is 18.9 Å². The van der Waals surface area contributed by atoms with Gasteiger partial charge in [-0.3, -0.25) is 0 Å². The van der Waals surface area contributed by atoms with E-state index in [1.807, 2.05) is 91.9 Å². The van der Waals surface area contributed by atoms with Crippen LogP contribution in [-0.4, -0.2) is 44.0 Å². The Bertz CT molecular complexity index is 1670. The van der Waals surface area contributed by atoms with Gasteiger partial charge in [-0.05, 0) is 71.7 Å². The van der Waals surface area contributed by atoms with Gasteiger partial charge < -0.3 is 29.6 Å². The third kappa shape index (κ3) is 9.96. The molecule has 2 N–H and O–H groups in total. The number of alkyl carbamates (subject to hydrolysis) is 2. The fourth-order valence-corrected chi connectivity index (χ4v) is 5.67. The first-order chi connectivity index (χ1) is 23.9. The van der Waals surface area contributed by atoms with Gasteiger partial charge in [-0.1, -0.05) is 103 Å². The average molecular weight is 663 g/mol. The molecule has 1 atom stereocenters. The second kappa shape index (κ2) is 17.5. The summed E-state index contributed by atoms with van der Waals surface area (Å²) < 4.78 is 22.1. The Kier molecular flexibility index (Phi) is 12.4. The van der Waals surface area contributed by atoms with E-state index in [2.05, 4.69) is 29.3 Å². The minimum Gasteiger partial charge on any atom is -0.489 e. The average Bonchev–Trinajstić information content (AvgIpc) is 3.45. The molecule has 0 fully saturated rings. The van der Waals surface area contributed by atoms with Crippen molar-refractivity contribution in [3.63, 3.8) is 0 Å². The molecular formula is C40H42N2O7. The molecule has 1 unspecified atom stereocenters. The third-order valence-corrected chi connectivity index (χ3v) is 8.27. The monoisotopic (exact) mass is 662 g/mol. The molecule has 2 amide bonds. The Labute approximate surface area is 287 Å². The highest BCUT2D eigenvalue weighted by atomic mass is 16.6. The van der Waals surface area contributed by atoms with Crippen molar-refractivity contribution in [3.05, 3.63) is 138 Å². The number of fused-ring (bicyclic) bond motifs is 3. The minimum atomic E-state index is -0.944. The first kappa shape index (κ1) is 34.8. The molecule has 254 valence electrons. The molecule has 4 aromatic carbocycles. The van der Waals surface area contributed by atoms with Crippen molar-refractivity contribution < 1.29 is 33.3 Å². The summed E-state index contributed by atoms with van der Waals surface area (Å²) in [5.74, 6) is 0.0123. The van der Waals surface area contributed by atoms with Crippen LogP contribution in [-0.2, 0) is 32.2 Å². The lowest BCUT2D eigenvalue weighted by molar-refractivity contribution is -0.147. The van der Waals surface area contributed by atoms with Crippen LogP contribution in [0.25, 0.3) is 11.1 Å². The van der Waals surface area contributed by atoms with Crippen LogP contribution in [0.2, 0.25) is 0 Å². The van der Waals surface area contributed by atoms with Crippen molar-refractivity contribution in [2.45, 2.75) is 51.4 Å². The van der Waals surface area contributed by atoms with Crippen LogP contribution in [0.3, 0.4) is 0 Å². The molecule has 0 aromatic heterocycles. The van der Waals surface area contributed by atoms with Gasteiger partial charge in [0.2, 0.25) is 0 Å². The Hall–Kier alpha value is -5.57. The Morgan fingerprint density at radius 2 is 1.39 bits per heavy atom. The van der Waals surface area contributed by atoms with E-state index in [0.717, 1.165) is 33.4 Å². The van der Waals surface area contributed by atoms with Crippen LogP contribution >= 0.6 is 0 Å². The molecule has 5 rings (SSSR count). The highest BCUT2D eigenvalue weighted by Gasteiger charge is 2.30. The van der Waals surface area contributed by atoms with Gasteiger partial charge in [-0.15, -0.1) is 0 Å². The number of esters is 1. The van der Waals surface area contributed by atoms with Crippen LogP contribution < -0.4 is 15.4 Å². The van der Waals surface area contributed by atoms with E-state index >= 15 is 0 Å². The molecule has 0 saturated heterocycles. The lowest BCUT2D eigenvalue weighted by atomic mass is 9.98. The van der Waals surface area contributed by atoms with Crippen LogP contribution in [0, 0.1) is 6.92 Å². The first-order valence-corrected chi connectivity index (χ1v) is 16.5. The number of carbonyl (C=O) groups is 3. The second-order valence-electron chi connectivity index (χ2n) is 11.9. The van der Waals surface area contributed by atoms with E-state index < -0.39 is 24.2 Å². The largest absolute Gasteiger partial charge is 0.489 e. The summed E-state index contributed by atoms with van der Waals surface area (Å²) in [6, 6.07) is 30.7. The number of hydrogen-bond donors (Lipinski definition) is 2. The van der Waals surface area contributed by atoms with Crippen molar-refractivity contribution in [2.24, 2.45) is 0 Å². The van der Waals surface area contributed by atoms with Gasteiger partial charge in [0.25, 0.3) is 0 Å².